The first-order valence-corrected chi connectivity index (χ1v) is 7.84. The van der Waals surface area contributed by atoms with Crippen LogP contribution in [0.2, 0.25) is 0 Å². The third-order valence-electron chi connectivity index (χ3n) is 4.66. The Kier molecular flexibility index (Phi) is 5.55. The normalized spacial score (nSPS) is 19.2. The van der Waals surface area contributed by atoms with Crippen LogP contribution < -0.4 is 5.73 Å². The molecule has 1 atom stereocenters. The van der Waals surface area contributed by atoms with Crippen molar-refractivity contribution in [3.8, 4) is 0 Å². The van der Waals surface area contributed by atoms with E-state index in [2.05, 4.69) is 11.8 Å². The van der Waals surface area contributed by atoms with Crippen molar-refractivity contribution in [2.24, 2.45) is 11.7 Å². The fourth-order valence-electron chi connectivity index (χ4n) is 2.95. The Morgan fingerprint density at radius 3 is 2.65 bits per heavy atom. The van der Waals surface area contributed by atoms with Gasteiger partial charge in [-0.3, -0.25) is 0 Å². The van der Waals surface area contributed by atoms with E-state index in [9.17, 15) is 4.39 Å². The molecule has 112 valence electrons. The zero-order valence-electron chi connectivity index (χ0n) is 12.7. The molecule has 2 nitrogen and oxygen atoms in total. The Balaban J connectivity index is 1.80. The summed E-state index contributed by atoms with van der Waals surface area (Å²) < 4.78 is 13.6. The fraction of sp³-hybridized carbons (Fsp3) is 0.647. The zero-order chi connectivity index (χ0) is 14.5. The van der Waals surface area contributed by atoms with E-state index in [1.807, 2.05) is 12.1 Å². The van der Waals surface area contributed by atoms with E-state index in [0.717, 1.165) is 24.4 Å². The number of hydrogen-bond donors (Lipinski definition) is 1. The third-order valence-corrected chi connectivity index (χ3v) is 4.66. The molecular formula is C17H27FN2. The summed E-state index contributed by atoms with van der Waals surface area (Å²) in [5, 5.41) is 0. The van der Waals surface area contributed by atoms with Gasteiger partial charge in [0.25, 0.3) is 0 Å². The van der Waals surface area contributed by atoms with Crippen LogP contribution in [0.4, 0.5) is 4.39 Å². The van der Waals surface area contributed by atoms with E-state index in [1.165, 1.54) is 32.4 Å². The van der Waals surface area contributed by atoms with Gasteiger partial charge in [0.05, 0.1) is 0 Å². The standard InChI is InChI=1S/C17H27FN2/c1-3-14-6-9-20(10-7-14)11-8-17(19)15-5-4-13(2)16(18)12-15/h4-5,12,14,17H,3,6-11,19H2,1-2H3. The molecule has 20 heavy (non-hydrogen) atoms. The molecule has 2 rings (SSSR count). The summed E-state index contributed by atoms with van der Waals surface area (Å²) in [4.78, 5) is 2.50. The Bertz CT molecular complexity index is 425. The first-order valence-electron chi connectivity index (χ1n) is 7.84. The monoisotopic (exact) mass is 278 g/mol. The van der Waals surface area contributed by atoms with Crippen LogP contribution in [0.1, 0.15) is 49.8 Å². The maximum absolute atomic E-state index is 13.6. The molecule has 1 fully saturated rings. The summed E-state index contributed by atoms with van der Waals surface area (Å²) in [6.45, 7) is 7.46. The van der Waals surface area contributed by atoms with E-state index in [-0.39, 0.29) is 11.9 Å². The quantitative estimate of drug-likeness (QED) is 0.891. The minimum Gasteiger partial charge on any atom is -0.324 e. The van der Waals surface area contributed by atoms with Crippen molar-refractivity contribution in [1.29, 1.82) is 0 Å². The van der Waals surface area contributed by atoms with Gasteiger partial charge in [0.15, 0.2) is 0 Å². The summed E-state index contributed by atoms with van der Waals surface area (Å²) >= 11 is 0. The number of nitrogens with zero attached hydrogens (tertiary/aromatic N) is 1. The van der Waals surface area contributed by atoms with Crippen LogP contribution >= 0.6 is 0 Å². The predicted octanol–water partition coefficient (Wildman–Crippen LogP) is 3.65. The second-order valence-corrected chi connectivity index (χ2v) is 6.10. The average molecular weight is 278 g/mol. The van der Waals surface area contributed by atoms with Gasteiger partial charge in [-0.15, -0.1) is 0 Å². The molecule has 3 heteroatoms. The molecular weight excluding hydrogens is 251 g/mol. The van der Waals surface area contributed by atoms with Crippen molar-refractivity contribution >= 4 is 0 Å². The maximum Gasteiger partial charge on any atom is 0.126 e. The summed E-state index contributed by atoms with van der Waals surface area (Å²) in [5.74, 6) is 0.757. The highest BCUT2D eigenvalue weighted by molar-refractivity contribution is 5.25. The summed E-state index contributed by atoms with van der Waals surface area (Å²) in [6, 6.07) is 5.29. The second-order valence-electron chi connectivity index (χ2n) is 6.10. The Morgan fingerprint density at radius 1 is 1.35 bits per heavy atom. The van der Waals surface area contributed by atoms with E-state index < -0.39 is 0 Å². The molecule has 0 aliphatic carbocycles. The number of aryl methyl sites for hydroxylation is 1. The largest absolute Gasteiger partial charge is 0.324 e. The van der Waals surface area contributed by atoms with E-state index in [4.69, 9.17) is 5.73 Å². The maximum atomic E-state index is 13.6. The number of rotatable bonds is 5. The number of halogens is 1. The lowest BCUT2D eigenvalue weighted by Gasteiger charge is -2.32. The molecule has 1 aliphatic rings. The van der Waals surface area contributed by atoms with Gasteiger partial charge in [0.1, 0.15) is 5.82 Å². The van der Waals surface area contributed by atoms with Gasteiger partial charge >= 0.3 is 0 Å². The highest BCUT2D eigenvalue weighted by atomic mass is 19.1. The van der Waals surface area contributed by atoms with Crippen molar-refractivity contribution in [3.63, 3.8) is 0 Å². The third kappa shape index (κ3) is 4.03. The highest BCUT2D eigenvalue weighted by Crippen LogP contribution is 2.22. The van der Waals surface area contributed by atoms with Crippen LogP contribution in [0, 0.1) is 18.7 Å². The van der Waals surface area contributed by atoms with Gasteiger partial charge in [-0.05, 0) is 68.9 Å². The Labute approximate surface area is 122 Å². The Hall–Kier alpha value is -0.930. The van der Waals surface area contributed by atoms with Gasteiger partial charge in [-0.1, -0.05) is 25.5 Å². The van der Waals surface area contributed by atoms with E-state index in [1.54, 1.807) is 13.0 Å². The molecule has 2 N–H and O–H groups in total. The molecule has 0 amide bonds. The topological polar surface area (TPSA) is 29.3 Å². The van der Waals surface area contributed by atoms with Gasteiger partial charge < -0.3 is 10.6 Å². The first kappa shape index (κ1) is 15.5. The van der Waals surface area contributed by atoms with Crippen LogP contribution in [-0.4, -0.2) is 24.5 Å². The summed E-state index contributed by atoms with van der Waals surface area (Å²) in [6.07, 6.45) is 4.82. The smallest absolute Gasteiger partial charge is 0.126 e. The molecule has 1 unspecified atom stereocenters. The van der Waals surface area contributed by atoms with Gasteiger partial charge in [0.2, 0.25) is 0 Å². The lowest BCUT2D eigenvalue weighted by atomic mass is 9.94. The molecule has 1 saturated heterocycles. The van der Waals surface area contributed by atoms with Crippen molar-refractivity contribution in [2.45, 2.75) is 45.6 Å². The van der Waals surface area contributed by atoms with E-state index >= 15 is 0 Å². The number of nitrogens with two attached hydrogens (primary N) is 1. The number of likely N-dealkylation sites (tertiary alicyclic amines) is 1. The van der Waals surface area contributed by atoms with Crippen LogP contribution in [-0.2, 0) is 0 Å². The molecule has 0 radical (unpaired) electrons. The number of piperidine rings is 1. The molecule has 1 aromatic rings. The molecule has 0 bridgehead atoms. The molecule has 1 heterocycles. The van der Waals surface area contributed by atoms with Crippen molar-refractivity contribution in [1.82, 2.24) is 4.90 Å². The number of hydrogen-bond acceptors (Lipinski definition) is 2. The molecule has 0 spiro atoms. The van der Waals surface area contributed by atoms with Crippen LogP contribution in [0.15, 0.2) is 18.2 Å². The molecule has 0 saturated carbocycles. The summed E-state index contributed by atoms with van der Waals surface area (Å²) in [7, 11) is 0. The highest BCUT2D eigenvalue weighted by Gasteiger charge is 2.18. The summed E-state index contributed by atoms with van der Waals surface area (Å²) in [5.41, 5.74) is 7.79. The zero-order valence-corrected chi connectivity index (χ0v) is 12.7. The number of benzene rings is 1. The van der Waals surface area contributed by atoms with Crippen LogP contribution in [0.25, 0.3) is 0 Å². The first-order chi connectivity index (χ1) is 9.60. The van der Waals surface area contributed by atoms with Gasteiger partial charge in [-0.25, -0.2) is 4.39 Å². The van der Waals surface area contributed by atoms with Crippen molar-refractivity contribution in [3.05, 3.63) is 35.1 Å². The minimum absolute atomic E-state index is 0.0611. The molecule has 0 aromatic heterocycles. The van der Waals surface area contributed by atoms with Crippen LogP contribution in [0.5, 0.6) is 0 Å². The Morgan fingerprint density at radius 2 is 2.05 bits per heavy atom. The van der Waals surface area contributed by atoms with Crippen molar-refractivity contribution in [2.75, 3.05) is 19.6 Å². The second kappa shape index (κ2) is 7.19. The minimum atomic E-state index is -0.151. The average Bonchev–Trinajstić information content (AvgIpc) is 2.48. The SMILES string of the molecule is CCC1CCN(CCC(N)c2ccc(C)c(F)c2)CC1. The lowest BCUT2D eigenvalue weighted by Crippen LogP contribution is -2.35. The lowest BCUT2D eigenvalue weighted by molar-refractivity contribution is 0.177. The van der Waals surface area contributed by atoms with Gasteiger partial charge in [0, 0.05) is 6.04 Å². The predicted molar refractivity (Wildman–Crippen MR) is 82.1 cm³/mol. The van der Waals surface area contributed by atoms with Crippen molar-refractivity contribution < 1.29 is 4.39 Å². The molecule has 1 aliphatic heterocycles. The van der Waals surface area contributed by atoms with Crippen LogP contribution in [0.3, 0.4) is 0 Å². The van der Waals surface area contributed by atoms with Gasteiger partial charge in [-0.2, -0.15) is 0 Å². The molecule has 1 aromatic carbocycles. The van der Waals surface area contributed by atoms with E-state index in [0.29, 0.717) is 5.56 Å². The fourth-order valence-corrected chi connectivity index (χ4v) is 2.95.